The summed E-state index contributed by atoms with van der Waals surface area (Å²) in [5.41, 5.74) is -1.78. The van der Waals surface area contributed by atoms with Crippen LogP contribution in [0, 0.1) is 0 Å². The largest absolute Gasteiger partial charge is 0.386 e. The first-order valence-corrected chi connectivity index (χ1v) is 7.77. The summed E-state index contributed by atoms with van der Waals surface area (Å²) in [6.45, 7) is 1.10. The number of benzene rings is 1. The smallest absolute Gasteiger partial charge is 0.341 e. The number of hydrogen-bond acceptors (Lipinski definition) is 5. The fourth-order valence-corrected chi connectivity index (χ4v) is 2.65. The molecular weight excluding hydrogens is 320 g/mol. The van der Waals surface area contributed by atoms with Crippen LogP contribution in [0.2, 0.25) is 0 Å². The van der Waals surface area contributed by atoms with E-state index in [1.165, 1.54) is 26.2 Å². The number of halogens is 2. The number of rotatable bonds is 7. The summed E-state index contributed by atoms with van der Waals surface area (Å²) in [6, 6.07) is 4.65. The Kier molecular flexibility index (Phi) is 5.98. The van der Waals surface area contributed by atoms with Gasteiger partial charge in [0.15, 0.2) is 0 Å². The minimum absolute atomic E-state index is 0.0652. The van der Waals surface area contributed by atoms with Crippen LogP contribution in [0.5, 0.6) is 0 Å². The molecular formula is C13H17F2NO5S. The number of carbonyl (C=O) groups excluding carboxylic acids is 1. The highest BCUT2D eigenvalue weighted by molar-refractivity contribution is 7.91. The van der Waals surface area contributed by atoms with Gasteiger partial charge in [-0.1, -0.05) is 12.1 Å². The van der Waals surface area contributed by atoms with Gasteiger partial charge in [-0.3, -0.25) is 4.79 Å². The highest BCUT2D eigenvalue weighted by Crippen LogP contribution is 2.22. The van der Waals surface area contributed by atoms with Gasteiger partial charge in [0.25, 0.3) is 5.91 Å². The van der Waals surface area contributed by atoms with Crippen molar-refractivity contribution < 1.29 is 31.8 Å². The van der Waals surface area contributed by atoms with Gasteiger partial charge in [0.1, 0.15) is 5.60 Å². The molecule has 0 spiro atoms. The molecule has 0 aliphatic rings. The number of amides is 1. The van der Waals surface area contributed by atoms with Gasteiger partial charge >= 0.3 is 5.76 Å². The Balaban J connectivity index is 3.01. The second-order valence-corrected chi connectivity index (χ2v) is 6.80. The zero-order chi connectivity index (χ0) is 17.0. The van der Waals surface area contributed by atoms with Crippen LogP contribution in [0.3, 0.4) is 0 Å². The predicted octanol–water partition coefficient (Wildman–Crippen LogP) is 0.810. The maximum absolute atomic E-state index is 12.6. The van der Waals surface area contributed by atoms with Crippen molar-refractivity contribution >= 4 is 15.7 Å². The predicted molar refractivity (Wildman–Crippen MR) is 74.5 cm³/mol. The number of aliphatic hydroxyl groups is 1. The molecule has 22 heavy (non-hydrogen) atoms. The van der Waals surface area contributed by atoms with Crippen molar-refractivity contribution in [1.29, 1.82) is 0 Å². The molecule has 1 rings (SSSR count). The van der Waals surface area contributed by atoms with E-state index in [4.69, 9.17) is 4.74 Å². The normalized spacial score (nSPS) is 14.6. The summed E-state index contributed by atoms with van der Waals surface area (Å²) in [6.07, 6.45) is 0. The zero-order valence-corrected chi connectivity index (χ0v) is 12.9. The Bertz CT molecular complexity index is 631. The number of methoxy groups -OCH3 is 1. The lowest BCUT2D eigenvalue weighted by molar-refractivity contribution is -0.0147. The van der Waals surface area contributed by atoms with Crippen molar-refractivity contribution in [3.05, 3.63) is 29.8 Å². The molecule has 0 aliphatic heterocycles. The summed E-state index contributed by atoms with van der Waals surface area (Å²) in [7, 11) is -3.54. The Morgan fingerprint density at radius 3 is 2.55 bits per heavy atom. The van der Waals surface area contributed by atoms with E-state index in [1.54, 1.807) is 0 Å². The van der Waals surface area contributed by atoms with E-state index in [-0.39, 0.29) is 13.2 Å². The second kappa shape index (κ2) is 7.12. The van der Waals surface area contributed by atoms with E-state index in [1.807, 2.05) is 0 Å². The van der Waals surface area contributed by atoms with E-state index in [2.05, 4.69) is 5.32 Å². The molecule has 124 valence electrons. The monoisotopic (exact) mass is 337 g/mol. The standard InChI is InChI=1S/C13H17F2NO5S/c1-13(18,8-21-2)7-16-11(17)9-5-3-4-6-10(9)22(19,20)12(14)15/h3-6,12,18H,7-8H2,1-2H3,(H,16,17)/t13-/m1/s1. The fourth-order valence-electron chi connectivity index (χ4n) is 1.73. The summed E-state index contributed by atoms with van der Waals surface area (Å²) >= 11 is 0. The molecule has 1 aromatic rings. The van der Waals surface area contributed by atoms with Crippen molar-refractivity contribution in [3.8, 4) is 0 Å². The van der Waals surface area contributed by atoms with Gasteiger partial charge in [0.05, 0.1) is 17.1 Å². The molecule has 0 radical (unpaired) electrons. The van der Waals surface area contributed by atoms with Gasteiger partial charge in [-0.2, -0.15) is 8.78 Å². The van der Waals surface area contributed by atoms with Crippen molar-refractivity contribution in [2.45, 2.75) is 23.2 Å². The third-order valence-electron chi connectivity index (χ3n) is 2.76. The van der Waals surface area contributed by atoms with Crippen LogP contribution in [0.1, 0.15) is 17.3 Å². The second-order valence-electron chi connectivity index (χ2n) is 4.91. The van der Waals surface area contributed by atoms with E-state index in [0.29, 0.717) is 0 Å². The zero-order valence-electron chi connectivity index (χ0n) is 12.0. The minimum atomic E-state index is -4.90. The van der Waals surface area contributed by atoms with Crippen LogP contribution in [0.15, 0.2) is 29.2 Å². The van der Waals surface area contributed by atoms with Gasteiger partial charge in [-0.05, 0) is 19.1 Å². The van der Waals surface area contributed by atoms with Crippen molar-refractivity contribution in [3.63, 3.8) is 0 Å². The SMILES string of the molecule is COC[C@](C)(O)CNC(=O)c1ccccc1S(=O)(=O)C(F)F. The van der Waals surface area contributed by atoms with E-state index < -0.39 is 37.6 Å². The highest BCUT2D eigenvalue weighted by atomic mass is 32.2. The van der Waals surface area contributed by atoms with E-state index in [9.17, 15) is 27.1 Å². The lowest BCUT2D eigenvalue weighted by Crippen LogP contribution is -2.44. The number of nitrogens with one attached hydrogen (secondary N) is 1. The van der Waals surface area contributed by atoms with Crippen molar-refractivity contribution in [2.75, 3.05) is 20.3 Å². The number of alkyl halides is 2. The summed E-state index contributed by atoms with van der Waals surface area (Å²) in [4.78, 5) is 11.3. The van der Waals surface area contributed by atoms with Gasteiger partial charge in [-0.25, -0.2) is 8.42 Å². The Morgan fingerprint density at radius 1 is 1.41 bits per heavy atom. The molecule has 0 saturated carbocycles. The molecule has 6 nitrogen and oxygen atoms in total. The van der Waals surface area contributed by atoms with Gasteiger partial charge < -0.3 is 15.2 Å². The van der Waals surface area contributed by atoms with Gasteiger partial charge in [0.2, 0.25) is 9.84 Å². The average molecular weight is 337 g/mol. The maximum Gasteiger partial charge on any atom is 0.341 e. The Labute approximate surface area is 127 Å². The highest BCUT2D eigenvalue weighted by Gasteiger charge is 2.31. The Hall–Kier alpha value is -1.58. The molecule has 0 saturated heterocycles. The third kappa shape index (κ3) is 4.46. The van der Waals surface area contributed by atoms with Crippen LogP contribution < -0.4 is 5.32 Å². The van der Waals surface area contributed by atoms with E-state index >= 15 is 0 Å². The maximum atomic E-state index is 12.6. The third-order valence-corrected chi connectivity index (χ3v) is 4.20. The molecule has 1 atom stereocenters. The van der Waals surface area contributed by atoms with Crippen LogP contribution >= 0.6 is 0 Å². The first kappa shape index (κ1) is 18.5. The number of ether oxygens (including phenoxy) is 1. The fraction of sp³-hybridized carbons (Fsp3) is 0.462. The lowest BCUT2D eigenvalue weighted by atomic mass is 10.1. The number of carbonyl (C=O) groups is 1. The van der Waals surface area contributed by atoms with Gasteiger partial charge in [-0.15, -0.1) is 0 Å². The molecule has 0 fully saturated rings. The first-order valence-electron chi connectivity index (χ1n) is 6.22. The van der Waals surface area contributed by atoms with Crippen LogP contribution in [0.25, 0.3) is 0 Å². The molecule has 2 N–H and O–H groups in total. The molecule has 0 aromatic heterocycles. The van der Waals surface area contributed by atoms with Crippen LogP contribution in [0.4, 0.5) is 8.78 Å². The van der Waals surface area contributed by atoms with Crippen LogP contribution in [-0.4, -0.2) is 51.1 Å². The topological polar surface area (TPSA) is 92.7 Å². The van der Waals surface area contributed by atoms with Crippen molar-refractivity contribution in [1.82, 2.24) is 5.32 Å². The molecule has 9 heteroatoms. The van der Waals surface area contributed by atoms with Crippen LogP contribution in [-0.2, 0) is 14.6 Å². The Morgan fingerprint density at radius 2 is 2.00 bits per heavy atom. The summed E-state index contributed by atoms with van der Waals surface area (Å²) in [5, 5.41) is 12.1. The number of hydrogen-bond donors (Lipinski definition) is 2. The lowest BCUT2D eigenvalue weighted by Gasteiger charge is -2.22. The molecule has 0 unspecified atom stereocenters. The summed E-state index contributed by atoms with van der Waals surface area (Å²) in [5.74, 6) is -4.51. The molecule has 0 bridgehead atoms. The summed E-state index contributed by atoms with van der Waals surface area (Å²) < 4.78 is 53.2. The van der Waals surface area contributed by atoms with Gasteiger partial charge in [0, 0.05) is 13.7 Å². The van der Waals surface area contributed by atoms with E-state index in [0.717, 1.165) is 12.1 Å². The molecule has 0 heterocycles. The molecule has 1 aromatic carbocycles. The molecule has 1 amide bonds. The minimum Gasteiger partial charge on any atom is -0.386 e. The number of sulfone groups is 1. The quantitative estimate of drug-likeness (QED) is 0.768. The van der Waals surface area contributed by atoms with Crippen molar-refractivity contribution in [2.24, 2.45) is 0 Å². The first-order chi connectivity index (χ1) is 10.1. The molecule has 0 aliphatic carbocycles. The average Bonchev–Trinajstić information content (AvgIpc) is 2.44.